The van der Waals surface area contributed by atoms with Gasteiger partial charge in [0.15, 0.2) is 21.4 Å². The first-order valence-corrected chi connectivity index (χ1v) is 14.4. The molecule has 1 amide bonds. The highest BCUT2D eigenvalue weighted by atomic mass is 32.2. The van der Waals surface area contributed by atoms with E-state index in [0.29, 0.717) is 22.9 Å². The molecule has 1 aliphatic rings. The standard InChI is InChI=1S/C27H28FN5O7S/c1-16(10-19-20(11-17(28)13-29-19)32-14-18(34)12-25(32)35)41(36,37)15-24-30-31-27(23-8-5-9-40-23)33(24)26-21(38-2)6-4-7-22(26)39-3/h4-9,11,13,16,18,34H,10,12,14-15H2,1-3H3/t16-,18+/m0/s1. The Hall–Kier alpha value is -4.30. The molecular weight excluding hydrogens is 557 g/mol. The van der Waals surface area contributed by atoms with Crippen molar-refractivity contribution < 1.29 is 36.6 Å². The Morgan fingerprint density at radius 1 is 1.17 bits per heavy atom. The smallest absolute Gasteiger partial charge is 0.229 e. The van der Waals surface area contributed by atoms with Crippen molar-refractivity contribution in [2.75, 3.05) is 25.7 Å². The molecule has 0 saturated carbocycles. The van der Waals surface area contributed by atoms with Crippen LogP contribution in [0.2, 0.25) is 0 Å². The summed E-state index contributed by atoms with van der Waals surface area (Å²) in [6.07, 6.45) is 1.30. The second-order valence-electron chi connectivity index (χ2n) is 9.57. The van der Waals surface area contributed by atoms with E-state index in [-0.39, 0.29) is 42.4 Å². The lowest BCUT2D eigenvalue weighted by molar-refractivity contribution is -0.117. The van der Waals surface area contributed by atoms with E-state index in [0.717, 1.165) is 12.3 Å². The Bertz CT molecular complexity index is 1650. The van der Waals surface area contributed by atoms with Crippen molar-refractivity contribution in [2.24, 2.45) is 0 Å². The highest BCUT2D eigenvalue weighted by Gasteiger charge is 2.34. The van der Waals surface area contributed by atoms with E-state index in [1.54, 1.807) is 30.3 Å². The molecule has 2 atom stereocenters. The summed E-state index contributed by atoms with van der Waals surface area (Å²) < 4.78 is 59.7. The molecule has 4 aromatic rings. The number of furan rings is 1. The molecule has 1 aliphatic heterocycles. The number of β-amino-alcohol motifs (C(OH)–C–C–N with tert-alkyl or cyclic N) is 1. The summed E-state index contributed by atoms with van der Waals surface area (Å²) in [7, 11) is -0.979. The monoisotopic (exact) mass is 585 g/mol. The number of carbonyl (C=O) groups is 1. The number of pyridine rings is 1. The van der Waals surface area contributed by atoms with Crippen LogP contribution in [-0.4, -0.2) is 71.3 Å². The number of amides is 1. The van der Waals surface area contributed by atoms with Gasteiger partial charge in [-0.3, -0.25) is 14.3 Å². The third-order valence-electron chi connectivity index (χ3n) is 6.83. The lowest BCUT2D eigenvalue weighted by Gasteiger charge is -2.21. The first-order chi connectivity index (χ1) is 19.6. The minimum atomic E-state index is -3.93. The number of aromatic nitrogens is 4. The molecule has 12 nitrogen and oxygen atoms in total. The number of anilines is 1. The SMILES string of the molecule is COc1cccc(OC)c1-n1c(CS(=O)(=O)[C@@H](C)Cc2ncc(F)cc2N2C[C@H](O)CC2=O)nnc1-c1ccco1. The summed E-state index contributed by atoms with van der Waals surface area (Å²) >= 11 is 0. The maximum Gasteiger partial charge on any atom is 0.229 e. The van der Waals surface area contributed by atoms with Gasteiger partial charge in [0.1, 0.15) is 28.8 Å². The maximum atomic E-state index is 14.1. The van der Waals surface area contributed by atoms with Gasteiger partial charge in [0.25, 0.3) is 0 Å². The molecule has 5 rings (SSSR count). The summed E-state index contributed by atoms with van der Waals surface area (Å²) in [6, 6.07) is 9.59. The van der Waals surface area contributed by atoms with Crippen molar-refractivity contribution in [2.45, 2.75) is 36.9 Å². The molecule has 1 aromatic carbocycles. The number of carbonyl (C=O) groups excluding carboxylic acids is 1. The fourth-order valence-electron chi connectivity index (χ4n) is 4.75. The van der Waals surface area contributed by atoms with Crippen LogP contribution in [0.5, 0.6) is 11.5 Å². The quantitative estimate of drug-likeness (QED) is 0.294. The normalized spacial score (nSPS) is 16.3. The molecule has 14 heteroatoms. The van der Waals surface area contributed by atoms with Crippen LogP contribution in [0.15, 0.2) is 53.3 Å². The molecular formula is C27H28FN5O7S. The maximum absolute atomic E-state index is 14.1. The fourth-order valence-corrected chi connectivity index (χ4v) is 6.00. The van der Waals surface area contributed by atoms with Gasteiger partial charge in [0.2, 0.25) is 11.7 Å². The van der Waals surface area contributed by atoms with E-state index in [9.17, 15) is 22.7 Å². The van der Waals surface area contributed by atoms with Crippen LogP contribution in [0.25, 0.3) is 17.3 Å². The number of benzene rings is 1. The van der Waals surface area contributed by atoms with Crippen LogP contribution in [0, 0.1) is 5.82 Å². The fraction of sp³-hybridized carbons (Fsp3) is 0.333. The predicted octanol–water partition coefficient (Wildman–Crippen LogP) is 2.72. The number of para-hydroxylation sites is 1. The zero-order valence-corrected chi connectivity index (χ0v) is 23.3. The van der Waals surface area contributed by atoms with Crippen molar-refractivity contribution >= 4 is 21.4 Å². The molecule has 1 saturated heterocycles. The van der Waals surface area contributed by atoms with E-state index in [2.05, 4.69) is 15.2 Å². The zero-order chi connectivity index (χ0) is 29.3. The van der Waals surface area contributed by atoms with Gasteiger partial charge in [0.05, 0.1) is 62.4 Å². The topological polar surface area (TPSA) is 150 Å². The van der Waals surface area contributed by atoms with Crippen LogP contribution in [0.4, 0.5) is 10.1 Å². The lowest BCUT2D eigenvalue weighted by atomic mass is 10.2. The Kier molecular flexibility index (Phi) is 7.78. The number of sulfone groups is 1. The van der Waals surface area contributed by atoms with Gasteiger partial charge in [-0.1, -0.05) is 6.07 Å². The summed E-state index contributed by atoms with van der Waals surface area (Å²) in [5, 5.41) is 17.3. The van der Waals surface area contributed by atoms with E-state index >= 15 is 0 Å². The largest absolute Gasteiger partial charge is 0.494 e. The summed E-state index contributed by atoms with van der Waals surface area (Å²) in [5.41, 5.74) is 0.741. The molecule has 216 valence electrons. The molecule has 0 radical (unpaired) electrons. The minimum absolute atomic E-state index is 0.0303. The van der Waals surface area contributed by atoms with Crippen LogP contribution in [-0.2, 0) is 26.8 Å². The highest BCUT2D eigenvalue weighted by Crippen LogP contribution is 2.37. The number of hydrogen-bond donors (Lipinski definition) is 1. The van der Waals surface area contributed by atoms with E-state index in [1.165, 1.54) is 36.9 Å². The highest BCUT2D eigenvalue weighted by molar-refractivity contribution is 7.91. The van der Waals surface area contributed by atoms with Crippen LogP contribution >= 0.6 is 0 Å². The molecule has 0 unspecified atom stereocenters. The Morgan fingerprint density at radius 2 is 1.90 bits per heavy atom. The number of halogens is 1. The number of methoxy groups -OCH3 is 2. The van der Waals surface area contributed by atoms with Gasteiger partial charge >= 0.3 is 0 Å². The van der Waals surface area contributed by atoms with Crippen molar-refractivity contribution in [3.63, 3.8) is 0 Å². The average Bonchev–Trinajstić information content (AvgIpc) is 3.69. The van der Waals surface area contributed by atoms with Crippen LogP contribution < -0.4 is 14.4 Å². The Morgan fingerprint density at radius 3 is 2.51 bits per heavy atom. The molecule has 0 bridgehead atoms. The first kappa shape index (κ1) is 28.2. The Labute approximate surface area is 235 Å². The summed E-state index contributed by atoms with van der Waals surface area (Å²) in [6.45, 7) is 1.47. The van der Waals surface area contributed by atoms with Gasteiger partial charge in [-0.15, -0.1) is 10.2 Å². The van der Waals surface area contributed by atoms with E-state index < -0.39 is 38.7 Å². The zero-order valence-electron chi connectivity index (χ0n) is 22.5. The first-order valence-electron chi connectivity index (χ1n) is 12.7. The Balaban J connectivity index is 1.52. The van der Waals surface area contributed by atoms with E-state index in [1.807, 2.05) is 0 Å². The van der Waals surface area contributed by atoms with Gasteiger partial charge in [-0.05, 0) is 31.2 Å². The van der Waals surface area contributed by atoms with Crippen LogP contribution in [0.3, 0.4) is 0 Å². The second-order valence-corrected chi connectivity index (χ2v) is 12.0. The predicted molar refractivity (Wildman–Crippen MR) is 145 cm³/mol. The van der Waals surface area contributed by atoms with Gasteiger partial charge in [0, 0.05) is 12.5 Å². The third kappa shape index (κ3) is 5.52. The van der Waals surface area contributed by atoms with Gasteiger partial charge in [-0.25, -0.2) is 12.8 Å². The molecule has 1 N–H and O–H groups in total. The molecule has 0 aliphatic carbocycles. The van der Waals surface area contributed by atoms with Gasteiger partial charge in [-0.2, -0.15) is 0 Å². The van der Waals surface area contributed by atoms with Crippen molar-refractivity contribution in [3.8, 4) is 28.8 Å². The molecule has 1 fully saturated rings. The average molecular weight is 586 g/mol. The van der Waals surface area contributed by atoms with Gasteiger partial charge < -0.3 is 23.9 Å². The second kappa shape index (κ2) is 11.3. The minimum Gasteiger partial charge on any atom is -0.494 e. The van der Waals surface area contributed by atoms with Crippen molar-refractivity contribution in [1.29, 1.82) is 0 Å². The number of hydrogen-bond acceptors (Lipinski definition) is 10. The third-order valence-corrected chi connectivity index (χ3v) is 8.88. The molecule has 41 heavy (non-hydrogen) atoms. The summed E-state index contributed by atoms with van der Waals surface area (Å²) in [5.74, 6) is -0.160. The number of aliphatic hydroxyl groups is 1. The summed E-state index contributed by atoms with van der Waals surface area (Å²) in [4.78, 5) is 17.7. The number of ether oxygens (including phenoxy) is 2. The number of nitrogens with zero attached hydrogens (tertiary/aromatic N) is 5. The molecule has 3 aromatic heterocycles. The molecule has 0 spiro atoms. The van der Waals surface area contributed by atoms with Crippen molar-refractivity contribution in [3.05, 3.63) is 66.2 Å². The number of rotatable bonds is 10. The van der Waals surface area contributed by atoms with Crippen LogP contribution in [0.1, 0.15) is 24.9 Å². The van der Waals surface area contributed by atoms with Crippen molar-refractivity contribution in [1.82, 2.24) is 19.7 Å². The lowest BCUT2D eigenvalue weighted by Crippen LogP contribution is -2.29. The van der Waals surface area contributed by atoms with E-state index in [4.69, 9.17) is 13.9 Å². The molecule has 4 heterocycles. The number of aliphatic hydroxyl groups excluding tert-OH is 1.